The number of carbonyl (C=O) groups excluding carboxylic acids is 2. The van der Waals surface area contributed by atoms with Crippen LogP contribution in [0.2, 0.25) is 0 Å². The van der Waals surface area contributed by atoms with Gasteiger partial charge in [-0.05, 0) is 37.3 Å². The van der Waals surface area contributed by atoms with E-state index in [1.165, 1.54) is 0 Å². The summed E-state index contributed by atoms with van der Waals surface area (Å²) in [5.41, 5.74) is 2.53. The zero-order valence-corrected chi connectivity index (χ0v) is 14.1. The molecule has 1 heterocycles. The second kappa shape index (κ2) is 7.56. The highest BCUT2D eigenvalue weighted by Gasteiger charge is 2.08. The molecule has 4 N–H and O–H groups in total. The molecule has 0 saturated heterocycles. The summed E-state index contributed by atoms with van der Waals surface area (Å²) in [5.74, 6) is -0.193. The number of aromatic nitrogens is 2. The number of ether oxygens (including phenoxy) is 1. The first kappa shape index (κ1) is 17.3. The van der Waals surface area contributed by atoms with Gasteiger partial charge >= 0.3 is 5.69 Å². The number of rotatable bonds is 6. The van der Waals surface area contributed by atoms with Crippen molar-refractivity contribution in [3.63, 3.8) is 0 Å². The number of aryl methyl sites for hydroxylation is 1. The lowest BCUT2D eigenvalue weighted by molar-refractivity contribution is -0.125. The van der Waals surface area contributed by atoms with Crippen LogP contribution in [0.15, 0.2) is 47.3 Å². The Morgan fingerprint density at radius 2 is 1.73 bits per heavy atom. The number of fused-ring (bicyclic) bond motifs is 1. The van der Waals surface area contributed by atoms with Crippen LogP contribution >= 0.6 is 0 Å². The van der Waals surface area contributed by atoms with E-state index in [2.05, 4.69) is 20.6 Å². The Balaban J connectivity index is 1.45. The summed E-state index contributed by atoms with van der Waals surface area (Å²) in [6, 6.07) is 12.3. The van der Waals surface area contributed by atoms with E-state index in [0.717, 1.165) is 5.56 Å². The molecule has 134 valence electrons. The molecule has 8 heteroatoms. The largest absolute Gasteiger partial charge is 0.484 e. The van der Waals surface area contributed by atoms with Crippen LogP contribution in [0.4, 0.5) is 5.69 Å². The van der Waals surface area contributed by atoms with E-state index in [0.29, 0.717) is 22.5 Å². The van der Waals surface area contributed by atoms with Gasteiger partial charge < -0.3 is 25.3 Å². The van der Waals surface area contributed by atoms with Crippen molar-refractivity contribution in [3.05, 3.63) is 58.5 Å². The fourth-order valence-electron chi connectivity index (χ4n) is 2.33. The van der Waals surface area contributed by atoms with Crippen molar-refractivity contribution in [1.82, 2.24) is 15.3 Å². The number of hydrogen-bond donors (Lipinski definition) is 4. The first-order chi connectivity index (χ1) is 12.5. The highest BCUT2D eigenvalue weighted by atomic mass is 16.5. The van der Waals surface area contributed by atoms with Crippen molar-refractivity contribution in [2.24, 2.45) is 0 Å². The number of amides is 2. The second-order valence-corrected chi connectivity index (χ2v) is 5.77. The molecular weight excluding hydrogens is 336 g/mol. The van der Waals surface area contributed by atoms with E-state index in [9.17, 15) is 14.4 Å². The molecule has 2 amide bonds. The number of hydrogen-bond acceptors (Lipinski definition) is 4. The third-order valence-corrected chi connectivity index (χ3v) is 3.64. The number of anilines is 1. The third kappa shape index (κ3) is 4.50. The Kier molecular flexibility index (Phi) is 5.02. The van der Waals surface area contributed by atoms with Gasteiger partial charge in [0, 0.05) is 5.69 Å². The van der Waals surface area contributed by atoms with Crippen molar-refractivity contribution < 1.29 is 14.3 Å². The zero-order valence-electron chi connectivity index (χ0n) is 14.1. The SMILES string of the molecule is Cc1ccc(OCC(=O)NCC(=O)Nc2ccc3[nH]c(=O)[nH]c3c2)cc1. The summed E-state index contributed by atoms with van der Waals surface area (Å²) in [7, 11) is 0. The standard InChI is InChI=1S/C18H18N4O4/c1-11-2-5-13(6-3-11)26-10-17(24)19-9-16(23)20-12-4-7-14-15(8-12)22-18(25)21-14/h2-8H,9-10H2,1H3,(H,19,24)(H,20,23)(H2,21,22,25). The Hall–Kier alpha value is -3.55. The van der Waals surface area contributed by atoms with Crippen LogP contribution in [0, 0.1) is 6.92 Å². The summed E-state index contributed by atoms with van der Waals surface area (Å²) in [4.78, 5) is 40.1. The van der Waals surface area contributed by atoms with Crippen molar-refractivity contribution in [3.8, 4) is 5.75 Å². The lowest BCUT2D eigenvalue weighted by atomic mass is 10.2. The first-order valence-electron chi connectivity index (χ1n) is 7.98. The van der Waals surface area contributed by atoms with Crippen molar-refractivity contribution >= 4 is 28.5 Å². The quantitative estimate of drug-likeness (QED) is 0.534. The van der Waals surface area contributed by atoms with Crippen LogP contribution in [-0.2, 0) is 9.59 Å². The van der Waals surface area contributed by atoms with Gasteiger partial charge in [-0.25, -0.2) is 4.79 Å². The van der Waals surface area contributed by atoms with E-state index in [-0.39, 0.29) is 24.7 Å². The topological polar surface area (TPSA) is 116 Å². The van der Waals surface area contributed by atoms with Gasteiger partial charge in [-0.15, -0.1) is 0 Å². The molecule has 0 radical (unpaired) electrons. The molecule has 0 atom stereocenters. The van der Waals surface area contributed by atoms with Crippen LogP contribution in [-0.4, -0.2) is 34.9 Å². The predicted molar refractivity (Wildman–Crippen MR) is 97.2 cm³/mol. The molecule has 0 saturated carbocycles. The average molecular weight is 354 g/mol. The Bertz CT molecular complexity index is 988. The minimum Gasteiger partial charge on any atom is -0.484 e. The number of nitrogens with one attached hydrogen (secondary N) is 4. The molecule has 8 nitrogen and oxygen atoms in total. The molecule has 0 bridgehead atoms. The van der Waals surface area contributed by atoms with Gasteiger partial charge in [-0.2, -0.15) is 0 Å². The molecule has 0 spiro atoms. The molecule has 0 aliphatic rings. The summed E-state index contributed by atoms with van der Waals surface area (Å²) in [5, 5.41) is 5.13. The summed E-state index contributed by atoms with van der Waals surface area (Å²) >= 11 is 0. The van der Waals surface area contributed by atoms with Gasteiger partial charge in [-0.3, -0.25) is 9.59 Å². The van der Waals surface area contributed by atoms with Crippen molar-refractivity contribution in [1.29, 1.82) is 0 Å². The van der Waals surface area contributed by atoms with Crippen LogP contribution in [0.3, 0.4) is 0 Å². The van der Waals surface area contributed by atoms with Crippen LogP contribution < -0.4 is 21.1 Å². The summed E-state index contributed by atoms with van der Waals surface area (Å²) in [6.07, 6.45) is 0. The Morgan fingerprint density at radius 1 is 1.00 bits per heavy atom. The monoisotopic (exact) mass is 354 g/mol. The average Bonchev–Trinajstić information content (AvgIpc) is 2.99. The molecule has 1 aromatic heterocycles. The predicted octanol–water partition coefficient (Wildman–Crippen LogP) is 1.30. The van der Waals surface area contributed by atoms with Gasteiger partial charge in [-0.1, -0.05) is 17.7 Å². The zero-order chi connectivity index (χ0) is 18.5. The third-order valence-electron chi connectivity index (χ3n) is 3.64. The molecule has 0 aliphatic heterocycles. The van der Waals surface area contributed by atoms with Crippen LogP contribution in [0.5, 0.6) is 5.75 Å². The summed E-state index contributed by atoms with van der Waals surface area (Å²) < 4.78 is 5.34. The fourth-order valence-corrected chi connectivity index (χ4v) is 2.33. The number of benzene rings is 2. The number of H-pyrrole nitrogens is 2. The molecular formula is C18H18N4O4. The van der Waals surface area contributed by atoms with Crippen LogP contribution in [0.1, 0.15) is 5.56 Å². The molecule has 3 aromatic rings. The second-order valence-electron chi connectivity index (χ2n) is 5.77. The molecule has 0 fully saturated rings. The van der Waals surface area contributed by atoms with Crippen molar-refractivity contribution in [2.75, 3.05) is 18.5 Å². The van der Waals surface area contributed by atoms with E-state index in [1.807, 2.05) is 19.1 Å². The Labute approximate surface area is 148 Å². The smallest absolute Gasteiger partial charge is 0.323 e. The van der Waals surface area contributed by atoms with E-state index in [4.69, 9.17) is 4.74 Å². The maximum absolute atomic E-state index is 11.9. The van der Waals surface area contributed by atoms with Crippen molar-refractivity contribution in [2.45, 2.75) is 6.92 Å². The van der Waals surface area contributed by atoms with E-state index >= 15 is 0 Å². The molecule has 2 aromatic carbocycles. The Morgan fingerprint density at radius 3 is 2.50 bits per heavy atom. The first-order valence-corrected chi connectivity index (χ1v) is 7.98. The molecule has 26 heavy (non-hydrogen) atoms. The highest BCUT2D eigenvalue weighted by Crippen LogP contribution is 2.14. The van der Waals surface area contributed by atoms with Gasteiger partial charge in [0.15, 0.2) is 6.61 Å². The molecule has 0 aliphatic carbocycles. The minimum atomic E-state index is -0.397. The normalized spacial score (nSPS) is 10.5. The lowest BCUT2D eigenvalue weighted by Gasteiger charge is -2.08. The van der Waals surface area contributed by atoms with Crippen LogP contribution in [0.25, 0.3) is 11.0 Å². The lowest BCUT2D eigenvalue weighted by Crippen LogP contribution is -2.35. The van der Waals surface area contributed by atoms with Gasteiger partial charge in [0.25, 0.3) is 5.91 Å². The summed E-state index contributed by atoms with van der Waals surface area (Å²) in [6.45, 7) is 1.60. The number of carbonyl (C=O) groups is 2. The van der Waals surface area contributed by atoms with E-state index in [1.54, 1.807) is 30.3 Å². The minimum absolute atomic E-state index is 0.174. The van der Waals surface area contributed by atoms with Gasteiger partial charge in [0.2, 0.25) is 5.91 Å². The highest BCUT2D eigenvalue weighted by molar-refractivity contribution is 5.96. The van der Waals surface area contributed by atoms with Gasteiger partial charge in [0.05, 0.1) is 17.6 Å². The fraction of sp³-hybridized carbons (Fsp3) is 0.167. The van der Waals surface area contributed by atoms with Gasteiger partial charge in [0.1, 0.15) is 5.75 Å². The number of imidazole rings is 1. The number of aromatic amines is 2. The maximum Gasteiger partial charge on any atom is 0.323 e. The molecule has 3 rings (SSSR count). The van der Waals surface area contributed by atoms with E-state index < -0.39 is 5.91 Å². The molecule has 0 unspecified atom stereocenters. The maximum atomic E-state index is 11.9.